The van der Waals surface area contributed by atoms with Gasteiger partial charge < -0.3 is 10.1 Å². The van der Waals surface area contributed by atoms with Crippen LogP contribution in [0.15, 0.2) is 53.4 Å². The summed E-state index contributed by atoms with van der Waals surface area (Å²) in [4.78, 5) is 24.5. The maximum absolute atomic E-state index is 12.9. The molecule has 3 rings (SSSR count). The minimum Gasteiger partial charge on any atom is -0.465 e. The van der Waals surface area contributed by atoms with E-state index in [2.05, 4.69) is 10.1 Å². The van der Waals surface area contributed by atoms with E-state index < -0.39 is 27.9 Å². The molecule has 0 bridgehead atoms. The molecule has 1 N–H and O–H groups in total. The van der Waals surface area contributed by atoms with Crippen LogP contribution >= 0.6 is 11.6 Å². The van der Waals surface area contributed by atoms with Gasteiger partial charge in [-0.3, -0.25) is 4.79 Å². The van der Waals surface area contributed by atoms with Gasteiger partial charge in [0.1, 0.15) is 6.04 Å². The van der Waals surface area contributed by atoms with Crippen LogP contribution in [-0.4, -0.2) is 44.3 Å². The summed E-state index contributed by atoms with van der Waals surface area (Å²) >= 11 is 5.83. The summed E-state index contributed by atoms with van der Waals surface area (Å²) < 4.78 is 31.7. The Kier molecular flexibility index (Phi) is 6.02. The summed E-state index contributed by atoms with van der Waals surface area (Å²) in [5, 5.41) is 3.12. The second-order valence-corrected chi connectivity index (χ2v) is 8.62. The average Bonchev–Trinajstić information content (AvgIpc) is 3.19. The zero-order valence-corrected chi connectivity index (χ0v) is 16.7. The van der Waals surface area contributed by atoms with Crippen molar-refractivity contribution in [3.63, 3.8) is 0 Å². The number of ether oxygens (including phenoxy) is 1. The molecule has 0 aliphatic carbocycles. The number of halogens is 1. The van der Waals surface area contributed by atoms with E-state index >= 15 is 0 Å². The average molecular weight is 423 g/mol. The van der Waals surface area contributed by atoms with E-state index in [4.69, 9.17) is 11.6 Å². The number of amides is 1. The first-order chi connectivity index (χ1) is 13.3. The third-order valence-electron chi connectivity index (χ3n) is 4.48. The van der Waals surface area contributed by atoms with Gasteiger partial charge in [0.2, 0.25) is 15.9 Å². The molecule has 9 heteroatoms. The van der Waals surface area contributed by atoms with Gasteiger partial charge in [-0.1, -0.05) is 17.7 Å². The molecule has 0 spiro atoms. The van der Waals surface area contributed by atoms with Gasteiger partial charge in [-0.15, -0.1) is 0 Å². The lowest BCUT2D eigenvalue weighted by atomic mass is 10.2. The molecule has 2 aromatic carbocycles. The Morgan fingerprint density at radius 3 is 2.57 bits per heavy atom. The molecular formula is C19H19ClN2O5S. The van der Waals surface area contributed by atoms with Crippen LogP contribution in [0.4, 0.5) is 5.69 Å². The lowest BCUT2D eigenvalue weighted by Crippen LogP contribution is -2.43. The molecular weight excluding hydrogens is 404 g/mol. The molecule has 0 aromatic heterocycles. The number of carbonyl (C=O) groups is 2. The first-order valence-corrected chi connectivity index (χ1v) is 10.4. The van der Waals surface area contributed by atoms with E-state index in [1.165, 1.54) is 41.7 Å². The Labute approximate surface area is 168 Å². The Balaban J connectivity index is 1.80. The van der Waals surface area contributed by atoms with Crippen LogP contribution in [0, 0.1) is 0 Å². The fraction of sp³-hybridized carbons (Fsp3) is 0.263. The van der Waals surface area contributed by atoms with Gasteiger partial charge in [-0.25, -0.2) is 13.2 Å². The second-order valence-electron chi connectivity index (χ2n) is 6.29. The number of benzene rings is 2. The lowest BCUT2D eigenvalue weighted by Gasteiger charge is -2.23. The summed E-state index contributed by atoms with van der Waals surface area (Å²) in [6.07, 6.45) is 0.989. The van der Waals surface area contributed by atoms with Gasteiger partial charge in [-0.05, 0) is 55.3 Å². The van der Waals surface area contributed by atoms with E-state index in [9.17, 15) is 18.0 Å². The monoisotopic (exact) mass is 422 g/mol. The molecule has 0 radical (unpaired) electrons. The number of carbonyl (C=O) groups excluding carboxylic acids is 2. The molecule has 148 valence electrons. The van der Waals surface area contributed by atoms with Crippen molar-refractivity contribution in [1.29, 1.82) is 0 Å². The van der Waals surface area contributed by atoms with E-state index in [0.717, 1.165) is 0 Å². The number of methoxy groups -OCH3 is 1. The Morgan fingerprint density at radius 2 is 1.89 bits per heavy atom. The van der Waals surface area contributed by atoms with E-state index in [1.807, 2.05) is 0 Å². The van der Waals surface area contributed by atoms with E-state index in [1.54, 1.807) is 18.2 Å². The topological polar surface area (TPSA) is 92.8 Å². The highest BCUT2D eigenvalue weighted by molar-refractivity contribution is 7.89. The van der Waals surface area contributed by atoms with E-state index in [0.29, 0.717) is 23.6 Å². The van der Waals surface area contributed by atoms with Crippen molar-refractivity contribution in [1.82, 2.24) is 4.31 Å². The Morgan fingerprint density at radius 1 is 1.18 bits per heavy atom. The molecule has 1 aliphatic rings. The lowest BCUT2D eigenvalue weighted by molar-refractivity contribution is -0.119. The van der Waals surface area contributed by atoms with Gasteiger partial charge in [0.15, 0.2) is 0 Å². The summed E-state index contributed by atoms with van der Waals surface area (Å²) in [5.41, 5.74) is 0.681. The zero-order chi connectivity index (χ0) is 20.3. The summed E-state index contributed by atoms with van der Waals surface area (Å²) in [5.74, 6) is -0.971. The number of sulfonamides is 1. The summed E-state index contributed by atoms with van der Waals surface area (Å²) in [6.45, 7) is 0.255. The Bertz CT molecular complexity index is 992. The standard InChI is InChI=1S/C19H19ClN2O5S/c1-27-19(24)13-4-2-5-15(12-13)21-18(23)17-6-3-11-22(17)28(25,26)16-9-7-14(20)8-10-16/h2,4-5,7-10,12,17H,3,6,11H2,1H3,(H,21,23)/t17-/m0/s1. The van der Waals surface area contributed by atoms with Gasteiger partial charge in [-0.2, -0.15) is 4.31 Å². The third kappa shape index (κ3) is 4.19. The molecule has 28 heavy (non-hydrogen) atoms. The third-order valence-corrected chi connectivity index (χ3v) is 6.65. The predicted octanol–water partition coefficient (Wildman–Crippen LogP) is 2.92. The van der Waals surface area contributed by atoms with Crippen LogP contribution in [0.25, 0.3) is 0 Å². The van der Waals surface area contributed by atoms with Crippen molar-refractivity contribution < 1.29 is 22.7 Å². The number of rotatable bonds is 5. The molecule has 1 aliphatic heterocycles. The fourth-order valence-corrected chi connectivity index (χ4v) is 4.88. The highest BCUT2D eigenvalue weighted by Gasteiger charge is 2.39. The van der Waals surface area contributed by atoms with E-state index in [-0.39, 0.29) is 17.0 Å². The van der Waals surface area contributed by atoms with Crippen molar-refractivity contribution in [3.8, 4) is 0 Å². The summed E-state index contributed by atoms with van der Waals surface area (Å²) in [7, 11) is -2.56. The zero-order valence-electron chi connectivity index (χ0n) is 15.1. The first-order valence-electron chi connectivity index (χ1n) is 8.59. The van der Waals surface area contributed by atoms with Crippen molar-refractivity contribution >= 4 is 39.2 Å². The molecule has 1 amide bonds. The van der Waals surface area contributed by atoms with Crippen molar-refractivity contribution in [2.24, 2.45) is 0 Å². The number of nitrogens with one attached hydrogen (secondary N) is 1. The number of esters is 1. The minimum atomic E-state index is -3.83. The molecule has 0 unspecified atom stereocenters. The van der Waals surface area contributed by atoms with Crippen LogP contribution in [0.1, 0.15) is 23.2 Å². The van der Waals surface area contributed by atoms with Crippen LogP contribution in [0.2, 0.25) is 5.02 Å². The highest BCUT2D eigenvalue weighted by Crippen LogP contribution is 2.28. The summed E-state index contributed by atoms with van der Waals surface area (Å²) in [6, 6.07) is 11.3. The molecule has 2 aromatic rings. The fourth-order valence-electron chi connectivity index (χ4n) is 3.10. The number of anilines is 1. The number of nitrogens with zero attached hydrogens (tertiary/aromatic N) is 1. The van der Waals surface area contributed by atoms with Crippen LogP contribution in [0.3, 0.4) is 0 Å². The molecule has 7 nitrogen and oxygen atoms in total. The van der Waals surface area contributed by atoms with Crippen molar-refractivity contribution in [2.45, 2.75) is 23.8 Å². The van der Waals surface area contributed by atoms with Gasteiger partial charge in [0, 0.05) is 17.3 Å². The highest BCUT2D eigenvalue weighted by atomic mass is 35.5. The molecule has 1 saturated heterocycles. The van der Waals surface area contributed by atoms with Crippen molar-refractivity contribution in [2.75, 3.05) is 19.0 Å². The number of hydrogen-bond donors (Lipinski definition) is 1. The van der Waals surface area contributed by atoms with Crippen LogP contribution in [-0.2, 0) is 19.6 Å². The first kappa shape index (κ1) is 20.3. The molecule has 1 atom stereocenters. The molecule has 1 fully saturated rings. The van der Waals surface area contributed by atoms with Gasteiger partial charge in [0.25, 0.3) is 0 Å². The quantitative estimate of drug-likeness (QED) is 0.748. The normalized spacial score (nSPS) is 17.3. The Hall–Kier alpha value is -2.42. The maximum atomic E-state index is 12.9. The number of hydrogen-bond acceptors (Lipinski definition) is 5. The smallest absolute Gasteiger partial charge is 0.337 e. The van der Waals surface area contributed by atoms with Gasteiger partial charge in [0.05, 0.1) is 17.6 Å². The van der Waals surface area contributed by atoms with Crippen molar-refractivity contribution in [3.05, 3.63) is 59.1 Å². The molecule has 0 saturated carbocycles. The maximum Gasteiger partial charge on any atom is 0.337 e. The van der Waals surface area contributed by atoms with Crippen LogP contribution in [0.5, 0.6) is 0 Å². The molecule has 1 heterocycles. The van der Waals surface area contributed by atoms with Crippen LogP contribution < -0.4 is 5.32 Å². The SMILES string of the molecule is COC(=O)c1cccc(NC(=O)[C@@H]2CCCN2S(=O)(=O)c2ccc(Cl)cc2)c1. The largest absolute Gasteiger partial charge is 0.465 e. The minimum absolute atomic E-state index is 0.0873. The second kappa shape index (κ2) is 8.30. The van der Waals surface area contributed by atoms with Gasteiger partial charge >= 0.3 is 5.97 Å². The predicted molar refractivity (Wildman–Crippen MR) is 105 cm³/mol.